The lowest BCUT2D eigenvalue weighted by atomic mass is 9.42. The van der Waals surface area contributed by atoms with Gasteiger partial charge in [0.05, 0.1) is 5.54 Å². The number of anilines is 4. The first-order valence-corrected chi connectivity index (χ1v) is 23.1. The molecular weight excluding hydrogens is 744 g/mol. The molecule has 8 aromatic rings. The molecule has 0 saturated heterocycles. The maximum absolute atomic E-state index is 2.90. The van der Waals surface area contributed by atoms with Crippen LogP contribution >= 0.6 is 11.3 Å². The van der Waals surface area contributed by atoms with Crippen LogP contribution in [-0.2, 0) is 16.2 Å². The molecule has 0 spiro atoms. The molecular formula is C56H53BN2S. The maximum atomic E-state index is 2.90. The first kappa shape index (κ1) is 36.5. The van der Waals surface area contributed by atoms with E-state index < -0.39 is 0 Å². The number of hydrogen-bond donors (Lipinski definition) is 0. The Morgan fingerprint density at radius 3 is 2.08 bits per heavy atom. The molecule has 0 N–H and O–H groups in total. The second-order valence-electron chi connectivity index (χ2n) is 20.8. The van der Waals surface area contributed by atoms with Crippen molar-refractivity contribution in [2.45, 2.75) is 103 Å². The van der Waals surface area contributed by atoms with Crippen molar-refractivity contribution < 1.29 is 0 Å². The van der Waals surface area contributed by atoms with Gasteiger partial charge in [-0.1, -0.05) is 158 Å². The first-order valence-electron chi connectivity index (χ1n) is 22.3. The molecule has 2 nitrogen and oxygen atoms in total. The lowest BCUT2D eigenvalue weighted by Gasteiger charge is -2.53. The quantitative estimate of drug-likeness (QED) is 0.161. The molecule has 1 saturated carbocycles. The summed E-state index contributed by atoms with van der Waals surface area (Å²) >= 11 is 1.97. The standard InChI is InChI=1S/C56H53BN2S/c1-53(2,3)36-24-26-44(41(31-36)34-18-10-9-11-19-34)59-45-27-25-40-39-22-14-15-23-47(39)60-52(40)49(45)48-38-21-13-12-20-35(38)30-46-50(48)57(59)43-33-37(54(4,5)6)32-42-51(43)58(46)56(8)29-17-16-28-55(42,56)7/h9-15,18-27,30-33H,16-17,28-29H2,1-8H3. The second-order valence-corrected chi connectivity index (χ2v) is 21.9. The molecule has 1 aliphatic carbocycles. The van der Waals surface area contributed by atoms with Crippen molar-refractivity contribution in [1.82, 2.24) is 0 Å². The minimum atomic E-state index is -0.0572. The fourth-order valence-electron chi connectivity index (χ4n) is 12.1. The Bertz CT molecular complexity index is 3130. The van der Waals surface area contributed by atoms with E-state index in [2.05, 4.69) is 192 Å². The lowest BCUT2D eigenvalue weighted by molar-refractivity contribution is 0.195. The van der Waals surface area contributed by atoms with Crippen LogP contribution in [0, 0.1) is 0 Å². The maximum Gasteiger partial charge on any atom is 0.333 e. The summed E-state index contributed by atoms with van der Waals surface area (Å²) in [6.45, 7) is 19.5. The summed E-state index contributed by atoms with van der Waals surface area (Å²) in [6.07, 6.45) is 4.92. The van der Waals surface area contributed by atoms with Gasteiger partial charge < -0.3 is 9.71 Å². The Labute approximate surface area is 360 Å². The summed E-state index contributed by atoms with van der Waals surface area (Å²) in [7, 11) is 0. The van der Waals surface area contributed by atoms with Crippen LogP contribution in [0.4, 0.5) is 22.7 Å². The van der Waals surface area contributed by atoms with Crippen molar-refractivity contribution in [1.29, 1.82) is 0 Å². The Hall–Kier alpha value is -5.32. The summed E-state index contributed by atoms with van der Waals surface area (Å²) < 4.78 is 2.73. The highest BCUT2D eigenvalue weighted by atomic mass is 32.1. The number of thiophene rings is 1. The Morgan fingerprint density at radius 1 is 0.600 bits per heavy atom. The van der Waals surface area contributed by atoms with Gasteiger partial charge in [0, 0.05) is 59.5 Å². The fourth-order valence-corrected chi connectivity index (χ4v) is 13.3. The molecule has 1 fully saturated rings. The van der Waals surface area contributed by atoms with E-state index in [-0.39, 0.29) is 28.6 Å². The summed E-state index contributed by atoms with van der Waals surface area (Å²) in [5.74, 6) is 0. The molecule has 60 heavy (non-hydrogen) atoms. The van der Waals surface area contributed by atoms with Crippen LogP contribution in [0.15, 0.2) is 127 Å². The van der Waals surface area contributed by atoms with E-state index in [1.807, 2.05) is 11.3 Å². The van der Waals surface area contributed by atoms with Crippen LogP contribution in [0.25, 0.3) is 53.2 Å². The topological polar surface area (TPSA) is 6.48 Å². The molecule has 0 amide bonds. The smallest absolute Gasteiger partial charge is 0.333 e. The summed E-state index contributed by atoms with van der Waals surface area (Å²) in [4.78, 5) is 5.71. The molecule has 1 aromatic heterocycles. The number of benzene rings is 7. The monoisotopic (exact) mass is 796 g/mol. The molecule has 2 unspecified atom stereocenters. The average molecular weight is 797 g/mol. The van der Waals surface area contributed by atoms with Crippen LogP contribution in [0.3, 0.4) is 0 Å². The van der Waals surface area contributed by atoms with Crippen molar-refractivity contribution >= 4 is 82.8 Å². The van der Waals surface area contributed by atoms with Crippen LogP contribution in [0.2, 0.25) is 0 Å². The van der Waals surface area contributed by atoms with Gasteiger partial charge in [-0.25, -0.2) is 0 Å². The zero-order valence-electron chi connectivity index (χ0n) is 36.3. The molecule has 7 aromatic carbocycles. The zero-order valence-corrected chi connectivity index (χ0v) is 37.1. The molecule has 0 bridgehead atoms. The number of rotatable bonds is 2. The van der Waals surface area contributed by atoms with Crippen LogP contribution in [-0.4, -0.2) is 12.4 Å². The van der Waals surface area contributed by atoms with Gasteiger partial charge in [0.15, 0.2) is 0 Å². The third-order valence-electron chi connectivity index (χ3n) is 15.5. The van der Waals surface area contributed by atoms with Gasteiger partial charge in [-0.05, 0) is 110 Å². The van der Waals surface area contributed by atoms with Crippen molar-refractivity contribution in [3.05, 3.63) is 144 Å². The van der Waals surface area contributed by atoms with Crippen LogP contribution in [0.5, 0.6) is 0 Å². The van der Waals surface area contributed by atoms with E-state index >= 15 is 0 Å². The molecule has 4 aliphatic rings. The number of fused-ring (bicyclic) bond motifs is 13. The van der Waals surface area contributed by atoms with Crippen molar-refractivity contribution in [3.8, 4) is 22.3 Å². The second kappa shape index (κ2) is 12.2. The van der Waals surface area contributed by atoms with Crippen LogP contribution < -0.4 is 20.6 Å². The van der Waals surface area contributed by atoms with E-state index in [0.717, 1.165) is 0 Å². The normalized spacial score (nSPS) is 20.4. The lowest BCUT2D eigenvalue weighted by Crippen LogP contribution is -2.64. The predicted octanol–water partition coefficient (Wildman–Crippen LogP) is 14.4. The third kappa shape index (κ3) is 4.72. The van der Waals surface area contributed by atoms with Gasteiger partial charge in [0.2, 0.25) is 0 Å². The fraction of sp³-hybridized carbons (Fsp3) is 0.286. The summed E-state index contributed by atoms with van der Waals surface area (Å²) in [6, 6.07) is 49.7. The third-order valence-corrected chi connectivity index (χ3v) is 16.7. The van der Waals surface area contributed by atoms with Gasteiger partial charge in [-0.15, -0.1) is 11.3 Å². The van der Waals surface area contributed by atoms with E-state index in [1.165, 1.54) is 124 Å². The predicted molar refractivity (Wildman–Crippen MR) is 262 cm³/mol. The van der Waals surface area contributed by atoms with Gasteiger partial charge in [0.1, 0.15) is 0 Å². The summed E-state index contributed by atoms with van der Waals surface area (Å²) in [5, 5.41) is 5.37. The van der Waals surface area contributed by atoms with E-state index in [0.29, 0.717) is 0 Å². The molecule has 12 rings (SSSR count). The van der Waals surface area contributed by atoms with Crippen molar-refractivity contribution in [2.75, 3.05) is 9.71 Å². The molecule has 296 valence electrons. The Balaban J connectivity index is 1.30. The van der Waals surface area contributed by atoms with E-state index in [9.17, 15) is 0 Å². The highest BCUT2D eigenvalue weighted by Crippen LogP contribution is 2.63. The van der Waals surface area contributed by atoms with E-state index in [4.69, 9.17) is 0 Å². The van der Waals surface area contributed by atoms with Gasteiger partial charge in [-0.2, -0.15) is 0 Å². The molecule has 2 atom stereocenters. The van der Waals surface area contributed by atoms with Gasteiger partial charge in [0.25, 0.3) is 0 Å². The SMILES string of the molecule is CC(C)(C)c1ccc(N2B3c4cc(C(C)(C)C)cc5c4N(c4cc6ccccc6c(c43)-c3c2ccc2c3sc3ccccc32)C2(C)CCCCC52C)c(-c2ccccc2)c1. The largest absolute Gasteiger partial charge is 0.376 e. The summed E-state index contributed by atoms with van der Waals surface area (Å²) in [5.41, 5.74) is 18.0. The average Bonchev–Trinajstić information content (AvgIpc) is 3.72. The highest BCUT2D eigenvalue weighted by Gasteiger charge is 2.62. The minimum Gasteiger partial charge on any atom is -0.376 e. The van der Waals surface area contributed by atoms with Gasteiger partial charge in [-0.3, -0.25) is 0 Å². The first-order chi connectivity index (χ1) is 28.8. The molecule has 3 aliphatic heterocycles. The van der Waals surface area contributed by atoms with Gasteiger partial charge >= 0.3 is 6.85 Å². The number of hydrogen-bond acceptors (Lipinski definition) is 3. The number of nitrogens with zero attached hydrogens (tertiary/aromatic N) is 2. The molecule has 4 heteroatoms. The molecule has 4 heterocycles. The van der Waals surface area contributed by atoms with Crippen LogP contribution in [0.1, 0.15) is 97.8 Å². The Kier molecular flexibility index (Phi) is 7.41. The van der Waals surface area contributed by atoms with Crippen molar-refractivity contribution in [2.24, 2.45) is 0 Å². The molecule has 0 radical (unpaired) electrons. The van der Waals surface area contributed by atoms with Crippen molar-refractivity contribution in [3.63, 3.8) is 0 Å². The highest BCUT2D eigenvalue weighted by molar-refractivity contribution is 7.26. The Morgan fingerprint density at radius 2 is 1.30 bits per heavy atom. The van der Waals surface area contributed by atoms with E-state index in [1.54, 1.807) is 5.56 Å². The minimum absolute atomic E-state index is 0.00181. The zero-order chi connectivity index (χ0) is 41.1.